The second kappa shape index (κ2) is 8.42. The van der Waals surface area contributed by atoms with Crippen molar-refractivity contribution in [3.8, 4) is 12.3 Å². The summed E-state index contributed by atoms with van der Waals surface area (Å²) >= 11 is 0. The zero-order valence-electron chi connectivity index (χ0n) is 18.2. The highest BCUT2D eigenvalue weighted by atomic mass is 19.1. The van der Waals surface area contributed by atoms with Crippen LogP contribution in [0.1, 0.15) is 44.2 Å². The van der Waals surface area contributed by atoms with E-state index in [0.717, 1.165) is 22.9 Å². The number of nitrogens with zero attached hydrogens (tertiary/aromatic N) is 4. The van der Waals surface area contributed by atoms with Gasteiger partial charge < -0.3 is 15.0 Å². The van der Waals surface area contributed by atoms with Crippen molar-refractivity contribution in [2.24, 2.45) is 0 Å². The fourth-order valence-electron chi connectivity index (χ4n) is 3.69. The van der Waals surface area contributed by atoms with Crippen molar-refractivity contribution in [2.75, 3.05) is 18.4 Å². The van der Waals surface area contributed by atoms with E-state index in [2.05, 4.69) is 26.2 Å². The highest BCUT2D eigenvalue weighted by Gasteiger charge is 2.30. The van der Waals surface area contributed by atoms with Crippen LogP contribution in [0.5, 0.6) is 0 Å². The average molecular weight is 433 g/mol. The number of fused-ring (bicyclic) bond motifs is 1. The van der Waals surface area contributed by atoms with Crippen LogP contribution in [0, 0.1) is 18.3 Å². The molecule has 0 aliphatic carbocycles. The van der Waals surface area contributed by atoms with Crippen molar-refractivity contribution in [1.29, 1.82) is 0 Å². The quantitative estimate of drug-likeness (QED) is 0.480. The number of hydrogen-bond acceptors (Lipinski definition) is 6. The Morgan fingerprint density at radius 2 is 2.09 bits per heavy atom. The van der Waals surface area contributed by atoms with E-state index in [1.165, 1.54) is 18.6 Å². The Balaban J connectivity index is 1.60. The molecule has 164 valence electrons. The number of carbonyl (C=O) groups is 1. The molecule has 1 amide bonds. The molecule has 1 saturated heterocycles. The van der Waals surface area contributed by atoms with E-state index in [4.69, 9.17) is 11.2 Å². The molecule has 2 aromatic heterocycles. The molecule has 1 aliphatic heterocycles. The normalized spacial score (nSPS) is 16.1. The van der Waals surface area contributed by atoms with Crippen LogP contribution in [0.3, 0.4) is 0 Å². The van der Waals surface area contributed by atoms with Gasteiger partial charge >= 0.3 is 6.09 Å². The molecular weight excluding hydrogens is 409 g/mol. The average Bonchev–Trinajstić information content (AvgIpc) is 3.24. The molecule has 32 heavy (non-hydrogen) atoms. The van der Waals surface area contributed by atoms with Gasteiger partial charge in [-0.05, 0) is 51.0 Å². The number of benzene rings is 1. The summed E-state index contributed by atoms with van der Waals surface area (Å²) in [5.41, 5.74) is 1.84. The van der Waals surface area contributed by atoms with E-state index >= 15 is 0 Å². The lowest BCUT2D eigenvalue weighted by atomic mass is 9.97. The van der Waals surface area contributed by atoms with E-state index in [-0.39, 0.29) is 17.7 Å². The second-order valence-corrected chi connectivity index (χ2v) is 8.74. The Labute approximate surface area is 186 Å². The predicted octanol–water partition coefficient (Wildman–Crippen LogP) is 4.61. The van der Waals surface area contributed by atoms with E-state index < -0.39 is 11.5 Å². The molecule has 1 atom stereocenters. The molecule has 8 heteroatoms. The van der Waals surface area contributed by atoms with Gasteiger partial charge in [0.05, 0.1) is 11.2 Å². The summed E-state index contributed by atoms with van der Waals surface area (Å²) in [5, 5.41) is 3.73. The molecule has 3 aromatic rings. The van der Waals surface area contributed by atoms with E-state index in [9.17, 15) is 9.18 Å². The number of halogens is 1. The van der Waals surface area contributed by atoms with Crippen LogP contribution in [0.4, 0.5) is 20.7 Å². The lowest BCUT2D eigenvalue weighted by Gasteiger charge is -2.24. The number of terminal acetylenes is 1. The van der Waals surface area contributed by atoms with Crippen LogP contribution in [-0.2, 0) is 4.74 Å². The third-order valence-electron chi connectivity index (χ3n) is 5.23. The minimum Gasteiger partial charge on any atom is -0.444 e. The van der Waals surface area contributed by atoms with Gasteiger partial charge in [0.15, 0.2) is 0 Å². The first kappa shape index (κ1) is 21.5. The summed E-state index contributed by atoms with van der Waals surface area (Å²) in [6, 6.07) is 7.40. The van der Waals surface area contributed by atoms with Gasteiger partial charge in [0.1, 0.15) is 17.7 Å². The zero-order chi connectivity index (χ0) is 22.9. The van der Waals surface area contributed by atoms with Crippen molar-refractivity contribution in [1.82, 2.24) is 19.9 Å². The van der Waals surface area contributed by atoms with Gasteiger partial charge in [-0.3, -0.25) is 0 Å². The van der Waals surface area contributed by atoms with Gasteiger partial charge in [-0.2, -0.15) is 4.39 Å². The van der Waals surface area contributed by atoms with Crippen LogP contribution in [0.25, 0.3) is 10.9 Å². The number of nitrogens with one attached hydrogen (secondary N) is 1. The fourth-order valence-corrected chi connectivity index (χ4v) is 3.69. The number of pyridine rings is 1. The Morgan fingerprint density at radius 1 is 1.28 bits per heavy atom. The minimum atomic E-state index is -0.671. The molecule has 7 nitrogen and oxygen atoms in total. The van der Waals surface area contributed by atoms with Gasteiger partial charge in [0, 0.05) is 36.2 Å². The second-order valence-electron chi connectivity index (χ2n) is 8.74. The third kappa shape index (κ3) is 4.62. The first-order chi connectivity index (χ1) is 15.2. The maximum atomic E-state index is 14.2. The molecule has 0 saturated carbocycles. The van der Waals surface area contributed by atoms with Crippen molar-refractivity contribution in [2.45, 2.75) is 38.7 Å². The number of likely N-dealkylation sites (tertiary alicyclic amines) is 1. The van der Waals surface area contributed by atoms with Gasteiger partial charge in [-0.25, -0.2) is 19.7 Å². The molecule has 1 N–H and O–H groups in total. The van der Waals surface area contributed by atoms with E-state index in [0.29, 0.717) is 24.5 Å². The molecule has 4 rings (SSSR count). The maximum absolute atomic E-state index is 14.2. The highest BCUT2D eigenvalue weighted by molar-refractivity contribution is 5.91. The van der Waals surface area contributed by atoms with Crippen molar-refractivity contribution in [3.05, 3.63) is 53.9 Å². The molecule has 0 unspecified atom stereocenters. The van der Waals surface area contributed by atoms with Crippen LogP contribution in [0.15, 0.2) is 36.8 Å². The number of hydrogen-bond donors (Lipinski definition) is 1. The molecule has 1 aromatic carbocycles. The lowest BCUT2D eigenvalue weighted by molar-refractivity contribution is 0.0292. The monoisotopic (exact) mass is 433 g/mol. The summed E-state index contributed by atoms with van der Waals surface area (Å²) in [7, 11) is 0. The van der Waals surface area contributed by atoms with E-state index in [1.54, 1.807) is 4.90 Å². The number of ether oxygens (including phenoxy) is 1. The van der Waals surface area contributed by atoms with Gasteiger partial charge in [-0.1, -0.05) is 12.0 Å². The SMILES string of the molecule is C#Cc1cnc(F)c(Nc2ncnc3ccc([C@@H]4CCN(C(=O)OC(C)(C)C)C4)cc23)c1. The smallest absolute Gasteiger partial charge is 0.410 e. The number of rotatable bonds is 3. The summed E-state index contributed by atoms with van der Waals surface area (Å²) in [4.78, 5) is 26.4. The molecular formula is C24H24FN5O2. The summed E-state index contributed by atoms with van der Waals surface area (Å²) < 4.78 is 19.7. The lowest BCUT2D eigenvalue weighted by Crippen LogP contribution is -2.35. The van der Waals surface area contributed by atoms with Gasteiger partial charge in [-0.15, -0.1) is 6.42 Å². The standard InChI is InChI=1S/C24H24FN5O2/c1-5-15-10-20(21(25)26-12-15)29-22-18-11-16(6-7-19(18)27-14-28-22)17-8-9-30(13-17)23(31)32-24(2,3)4/h1,6-7,10-12,14,17H,8-9,13H2,2-4H3,(H,27,28,29)/t17-/m1/s1. The van der Waals surface area contributed by atoms with Crippen molar-refractivity contribution >= 4 is 28.5 Å². The van der Waals surface area contributed by atoms with E-state index in [1.807, 2.05) is 39.0 Å². The first-order valence-electron chi connectivity index (χ1n) is 10.4. The number of amides is 1. The predicted molar refractivity (Wildman–Crippen MR) is 120 cm³/mol. The maximum Gasteiger partial charge on any atom is 0.410 e. The van der Waals surface area contributed by atoms with Gasteiger partial charge in [0.25, 0.3) is 0 Å². The molecule has 0 radical (unpaired) electrons. The fraction of sp³-hybridized carbons (Fsp3) is 0.333. The summed E-state index contributed by atoms with van der Waals surface area (Å²) in [5.74, 6) is 2.38. The minimum absolute atomic E-state index is 0.142. The topological polar surface area (TPSA) is 80.2 Å². The largest absolute Gasteiger partial charge is 0.444 e. The Kier molecular flexibility index (Phi) is 5.66. The first-order valence-corrected chi connectivity index (χ1v) is 10.4. The van der Waals surface area contributed by atoms with Crippen LogP contribution >= 0.6 is 0 Å². The molecule has 3 heterocycles. The Hall–Kier alpha value is -3.73. The molecule has 0 spiro atoms. The van der Waals surface area contributed by atoms with Crippen molar-refractivity contribution in [3.63, 3.8) is 0 Å². The molecule has 0 bridgehead atoms. The summed E-state index contributed by atoms with van der Waals surface area (Å²) in [6.45, 7) is 6.76. The summed E-state index contributed by atoms with van der Waals surface area (Å²) in [6.07, 6.45) is 8.64. The number of anilines is 2. The third-order valence-corrected chi connectivity index (χ3v) is 5.23. The van der Waals surface area contributed by atoms with Gasteiger partial charge in [0.2, 0.25) is 5.95 Å². The Morgan fingerprint density at radius 3 is 2.84 bits per heavy atom. The van der Waals surface area contributed by atoms with Crippen LogP contribution in [-0.4, -0.2) is 44.6 Å². The van der Waals surface area contributed by atoms with Crippen LogP contribution < -0.4 is 5.32 Å². The highest BCUT2D eigenvalue weighted by Crippen LogP contribution is 2.32. The van der Waals surface area contributed by atoms with Crippen LogP contribution in [0.2, 0.25) is 0 Å². The number of aromatic nitrogens is 3. The molecule has 1 fully saturated rings. The molecule has 1 aliphatic rings. The Bertz CT molecular complexity index is 1220. The zero-order valence-corrected chi connectivity index (χ0v) is 18.2. The number of carbonyl (C=O) groups excluding carboxylic acids is 1. The van der Waals surface area contributed by atoms with Crippen molar-refractivity contribution < 1.29 is 13.9 Å².